The minimum atomic E-state index is -4.36. The van der Waals surface area contributed by atoms with E-state index in [1.165, 1.54) is 6.07 Å². The molecular weight excluding hydrogens is 351 g/mol. The smallest absolute Gasteiger partial charge is 0.422 e. The van der Waals surface area contributed by atoms with Gasteiger partial charge in [-0.3, -0.25) is 0 Å². The second-order valence-electron chi connectivity index (χ2n) is 6.02. The van der Waals surface area contributed by atoms with Crippen LogP contribution in [-0.4, -0.2) is 42.8 Å². The van der Waals surface area contributed by atoms with Gasteiger partial charge in [-0.05, 0) is 33.1 Å². The molecule has 0 aromatic heterocycles. The molecule has 0 amide bonds. The molecule has 8 heteroatoms. The van der Waals surface area contributed by atoms with Crippen LogP contribution in [0.25, 0.3) is 0 Å². The van der Waals surface area contributed by atoms with Crippen LogP contribution < -0.4 is 15.4 Å². The summed E-state index contributed by atoms with van der Waals surface area (Å²) in [5, 5.41) is 6.39. The Morgan fingerprint density at radius 3 is 2.48 bits per heavy atom. The number of thioether (sulfide) groups is 1. The number of alkyl halides is 3. The van der Waals surface area contributed by atoms with Crippen molar-refractivity contribution >= 4 is 17.7 Å². The van der Waals surface area contributed by atoms with Crippen LogP contribution in [0.4, 0.5) is 13.2 Å². The van der Waals surface area contributed by atoms with Gasteiger partial charge in [-0.1, -0.05) is 18.2 Å². The first kappa shape index (κ1) is 21.5. The Kier molecular flexibility index (Phi) is 8.41. The van der Waals surface area contributed by atoms with E-state index < -0.39 is 12.8 Å². The van der Waals surface area contributed by atoms with Crippen LogP contribution in [0.5, 0.6) is 5.75 Å². The van der Waals surface area contributed by atoms with E-state index in [1.807, 2.05) is 13.2 Å². The zero-order chi connectivity index (χ0) is 18.9. The molecule has 0 spiro atoms. The van der Waals surface area contributed by atoms with E-state index in [-0.39, 0.29) is 17.0 Å². The number of benzene rings is 1. The normalized spacial score (nSPS) is 12.8. The van der Waals surface area contributed by atoms with Gasteiger partial charge in [-0.25, -0.2) is 4.99 Å². The predicted octanol–water partition coefficient (Wildman–Crippen LogP) is 3.82. The topological polar surface area (TPSA) is 45.7 Å². The van der Waals surface area contributed by atoms with Crippen molar-refractivity contribution in [2.45, 2.75) is 38.2 Å². The molecule has 1 aromatic carbocycles. The lowest BCUT2D eigenvalue weighted by molar-refractivity contribution is -0.153. The van der Waals surface area contributed by atoms with Gasteiger partial charge in [0.15, 0.2) is 12.6 Å². The number of para-hydroxylation sites is 1. The first-order valence-electron chi connectivity index (χ1n) is 8.01. The minimum absolute atomic E-state index is 0.0456. The van der Waals surface area contributed by atoms with Gasteiger partial charge in [-0.15, -0.1) is 0 Å². The largest absolute Gasteiger partial charge is 0.484 e. The summed E-state index contributed by atoms with van der Waals surface area (Å²) in [5.74, 6) is 0.819. The molecule has 0 unspecified atom stereocenters. The molecule has 1 aromatic rings. The van der Waals surface area contributed by atoms with E-state index in [2.05, 4.69) is 29.5 Å². The zero-order valence-electron chi connectivity index (χ0n) is 15.0. The lowest BCUT2D eigenvalue weighted by atomic mass is 10.2. The number of guanidine groups is 1. The highest BCUT2D eigenvalue weighted by atomic mass is 32.2. The Morgan fingerprint density at radius 1 is 1.20 bits per heavy atom. The summed E-state index contributed by atoms with van der Waals surface area (Å²) in [7, 11) is 0. The highest BCUT2D eigenvalue weighted by Crippen LogP contribution is 2.23. The molecule has 0 radical (unpaired) electrons. The van der Waals surface area contributed by atoms with Crippen molar-refractivity contribution in [3.63, 3.8) is 0 Å². The van der Waals surface area contributed by atoms with E-state index in [0.717, 1.165) is 0 Å². The highest BCUT2D eigenvalue weighted by Gasteiger charge is 2.28. The monoisotopic (exact) mass is 377 g/mol. The average Bonchev–Trinajstić information content (AvgIpc) is 2.55. The molecule has 0 heterocycles. The summed E-state index contributed by atoms with van der Waals surface area (Å²) in [5.41, 5.74) is 0.605. The molecule has 1 rings (SSSR count). The number of rotatable bonds is 8. The van der Waals surface area contributed by atoms with Gasteiger partial charge >= 0.3 is 6.18 Å². The number of ether oxygens (including phenoxy) is 1. The first-order chi connectivity index (χ1) is 11.7. The maximum atomic E-state index is 12.4. The highest BCUT2D eigenvalue weighted by molar-refractivity contribution is 7.99. The van der Waals surface area contributed by atoms with Crippen LogP contribution in [0, 0.1) is 0 Å². The van der Waals surface area contributed by atoms with Crippen molar-refractivity contribution in [1.29, 1.82) is 0 Å². The Bertz CT molecular complexity index is 562. The molecule has 2 N–H and O–H groups in total. The third-order valence-electron chi connectivity index (χ3n) is 3.35. The van der Waals surface area contributed by atoms with Gasteiger partial charge in [0, 0.05) is 23.4 Å². The maximum absolute atomic E-state index is 12.4. The van der Waals surface area contributed by atoms with Crippen molar-refractivity contribution in [1.82, 2.24) is 10.6 Å². The van der Waals surface area contributed by atoms with Gasteiger partial charge < -0.3 is 15.4 Å². The molecule has 0 saturated carbocycles. The van der Waals surface area contributed by atoms with Crippen molar-refractivity contribution in [3.05, 3.63) is 29.8 Å². The van der Waals surface area contributed by atoms with Crippen molar-refractivity contribution in [3.8, 4) is 5.75 Å². The number of nitrogens with zero attached hydrogens (tertiary/aromatic N) is 1. The molecule has 4 nitrogen and oxygen atoms in total. The third kappa shape index (κ3) is 8.90. The maximum Gasteiger partial charge on any atom is 0.422 e. The van der Waals surface area contributed by atoms with Crippen LogP contribution in [0.2, 0.25) is 0 Å². The summed E-state index contributed by atoms with van der Waals surface area (Å²) in [6.07, 6.45) is -2.32. The Hall–Kier alpha value is -1.57. The van der Waals surface area contributed by atoms with Gasteiger partial charge in [0.05, 0.1) is 6.54 Å². The van der Waals surface area contributed by atoms with Crippen molar-refractivity contribution in [2.75, 3.05) is 26.0 Å². The fourth-order valence-electron chi connectivity index (χ4n) is 1.81. The fourth-order valence-corrected chi connectivity index (χ4v) is 2.03. The van der Waals surface area contributed by atoms with Crippen LogP contribution in [0.15, 0.2) is 29.3 Å². The Labute approximate surface area is 151 Å². The molecule has 0 aliphatic heterocycles. The SMILES string of the molecule is CCNC(=NCc1ccccc1OCC(F)(F)F)NCC(C)(C)SC. The molecule has 0 aliphatic rings. The Morgan fingerprint density at radius 2 is 1.88 bits per heavy atom. The summed E-state index contributed by atoms with van der Waals surface area (Å²) in [4.78, 5) is 4.45. The predicted molar refractivity (Wildman–Crippen MR) is 98.4 cm³/mol. The van der Waals surface area contributed by atoms with Crippen LogP contribution in [-0.2, 0) is 6.54 Å². The molecule has 0 aliphatic carbocycles. The van der Waals surface area contributed by atoms with Gasteiger partial charge in [0.25, 0.3) is 0 Å². The molecule has 0 atom stereocenters. The zero-order valence-corrected chi connectivity index (χ0v) is 15.9. The minimum Gasteiger partial charge on any atom is -0.484 e. The molecule has 0 saturated heterocycles. The number of halogens is 3. The quantitative estimate of drug-likeness (QED) is 0.534. The first-order valence-corrected chi connectivity index (χ1v) is 9.24. The molecule has 142 valence electrons. The van der Waals surface area contributed by atoms with Gasteiger partial charge in [0.1, 0.15) is 5.75 Å². The van der Waals surface area contributed by atoms with E-state index in [1.54, 1.807) is 30.0 Å². The Balaban J connectivity index is 2.78. The molecule has 0 bridgehead atoms. The lowest BCUT2D eigenvalue weighted by Crippen LogP contribution is -2.43. The number of aliphatic imine (C=N–C) groups is 1. The standard InChI is InChI=1S/C17H26F3N3OS/c1-5-21-15(23-11-16(2,3)25-4)22-10-13-8-6-7-9-14(13)24-12-17(18,19)20/h6-9H,5,10-12H2,1-4H3,(H2,21,22,23). The summed E-state index contributed by atoms with van der Waals surface area (Å²) in [6.45, 7) is 6.52. The average molecular weight is 377 g/mol. The van der Waals surface area contributed by atoms with E-state index >= 15 is 0 Å². The van der Waals surface area contributed by atoms with Gasteiger partial charge in [-0.2, -0.15) is 24.9 Å². The second kappa shape index (κ2) is 9.79. The fraction of sp³-hybridized carbons (Fsp3) is 0.588. The third-order valence-corrected chi connectivity index (χ3v) is 4.60. The molecule has 25 heavy (non-hydrogen) atoms. The molecular formula is C17H26F3N3OS. The summed E-state index contributed by atoms with van der Waals surface area (Å²) < 4.78 is 42.0. The van der Waals surface area contributed by atoms with E-state index in [9.17, 15) is 13.2 Å². The summed E-state index contributed by atoms with van der Waals surface area (Å²) in [6, 6.07) is 6.63. The van der Waals surface area contributed by atoms with Crippen LogP contribution in [0.1, 0.15) is 26.3 Å². The van der Waals surface area contributed by atoms with E-state index in [4.69, 9.17) is 4.74 Å². The number of nitrogens with one attached hydrogen (secondary N) is 2. The van der Waals surface area contributed by atoms with Gasteiger partial charge in [0.2, 0.25) is 0 Å². The summed E-state index contributed by atoms with van der Waals surface area (Å²) >= 11 is 1.74. The number of hydrogen-bond donors (Lipinski definition) is 2. The second-order valence-corrected chi connectivity index (χ2v) is 7.54. The van der Waals surface area contributed by atoms with Crippen molar-refractivity contribution in [2.24, 2.45) is 4.99 Å². The van der Waals surface area contributed by atoms with Crippen LogP contribution in [0.3, 0.4) is 0 Å². The van der Waals surface area contributed by atoms with E-state index in [0.29, 0.717) is 24.6 Å². The lowest BCUT2D eigenvalue weighted by Gasteiger charge is -2.23. The van der Waals surface area contributed by atoms with Crippen molar-refractivity contribution < 1.29 is 17.9 Å². The molecule has 0 fully saturated rings. The number of hydrogen-bond acceptors (Lipinski definition) is 3. The van der Waals surface area contributed by atoms with Crippen LogP contribution >= 0.6 is 11.8 Å².